The van der Waals surface area contributed by atoms with Crippen molar-refractivity contribution in [2.24, 2.45) is 0 Å². The molecule has 2 heteroatoms. The SMILES string of the molecule is COc1ccc2c(c1)CCc1c-2ccc(C)c1C(C)=O. The molecule has 102 valence electrons. The predicted molar refractivity (Wildman–Crippen MR) is 80.6 cm³/mol. The Morgan fingerprint density at radius 2 is 1.85 bits per heavy atom. The van der Waals surface area contributed by atoms with E-state index in [4.69, 9.17) is 4.74 Å². The minimum absolute atomic E-state index is 0.163. The largest absolute Gasteiger partial charge is 0.497 e. The third-order valence-corrected chi connectivity index (χ3v) is 4.12. The van der Waals surface area contributed by atoms with Crippen LogP contribution in [0.4, 0.5) is 0 Å². The van der Waals surface area contributed by atoms with Crippen LogP contribution in [0.1, 0.15) is 34.0 Å². The summed E-state index contributed by atoms with van der Waals surface area (Å²) in [5.74, 6) is 1.06. The Morgan fingerprint density at radius 1 is 1.10 bits per heavy atom. The molecule has 0 radical (unpaired) electrons. The number of aryl methyl sites for hydroxylation is 2. The highest BCUT2D eigenvalue weighted by atomic mass is 16.5. The number of fused-ring (bicyclic) bond motifs is 3. The van der Waals surface area contributed by atoms with E-state index in [0.717, 1.165) is 29.7 Å². The highest BCUT2D eigenvalue weighted by molar-refractivity contribution is 5.99. The van der Waals surface area contributed by atoms with E-state index in [2.05, 4.69) is 24.3 Å². The number of methoxy groups -OCH3 is 1. The number of carbonyl (C=O) groups is 1. The standard InChI is InChI=1S/C18H18O2/c1-11-4-7-16-15-9-6-14(20-3)10-13(15)5-8-17(16)18(11)12(2)19/h4,6-7,9-10H,5,8H2,1-3H3. The van der Waals surface area contributed by atoms with E-state index in [1.807, 2.05) is 13.0 Å². The lowest BCUT2D eigenvalue weighted by Crippen LogP contribution is -2.11. The lowest BCUT2D eigenvalue weighted by molar-refractivity contribution is 0.101. The fourth-order valence-electron chi connectivity index (χ4n) is 3.19. The zero-order valence-corrected chi connectivity index (χ0v) is 12.1. The second kappa shape index (κ2) is 4.78. The number of hydrogen-bond donors (Lipinski definition) is 0. The summed E-state index contributed by atoms with van der Waals surface area (Å²) < 4.78 is 5.30. The van der Waals surface area contributed by atoms with Gasteiger partial charge in [-0.1, -0.05) is 18.2 Å². The van der Waals surface area contributed by atoms with Gasteiger partial charge in [-0.3, -0.25) is 4.79 Å². The number of carbonyl (C=O) groups excluding carboxylic acids is 1. The second-order valence-corrected chi connectivity index (χ2v) is 5.36. The average molecular weight is 266 g/mol. The Bertz CT molecular complexity index is 699. The lowest BCUT2D eigenvalue weighted by atomic mass is 9.81. The van der Waals surface area contributed by atoms with Crippen molar-refractivity contribution in [3.05, 3.63) is 52.6 Å². The summed E-state index contributed by atoms with van der Waals surface area (Å²) in [5, 5.41) is 0. The van der Waals surface area contributed by atoms with E-state index < -0.39 is 0 Å². The first-order valence-corrected chi connectivity index (χ1v) is 6.92. The van der Waals surface area contributed by atoms with Gasteiger partial charge in [0.25, 0.3) is 0 Å². The molecule has 0 bridgehead atoms. The van der Waals surface area contributed by atoms with Crippen molar-refractivity contribution in [3.63, 3.8) is 0 Å². The Morgan fingerprint density at radius 3 is 2.55 bits per heavy atom. The van der Waals surface area contributed by atoms with Crippen LogP contribution >= 0.6 is 0 Å². The molecule has 20 heavy (non-hydrogen) atoms. The van der Waals surface area contributed by atoms with Gasteiger partial charge in [-0.15, -0.1) is 0 Å². The number of hydrogen-bond acceptors (Lipinski definition) is 2. The summed E-state index contributed by atoms with van der Waals surface area (Å²) in [6, 6.07) is 10.4. The number of Topliss-reactive ketones (excluding diaryl/α,β-unsaturated/α-hetero) is 1. The van der Waals surface area contributed by atoms with Gasteiger partial charge < -0.3 is 4.74 Å². The van der Waals surface area contributed by atoms with Crippen molar-refractivity contribution in [2.75, 3.05) is 7.11 Å². The Labute approximate surface area is 119 Å². The molecule has 2 aromatic rings. The molecule has 3 rings (SSSR count). The average Bonchev–Trinajstić information content (AvgIpc) is 2.45. The summed E-state index contributed by atoms with van der Waals surface area (Å²) in [7, 11) is 1.69. The molecule has 1 aliphatic carbocycles. The van der Waals surface area contributed by atoms with Crippen LogP contribution in [0.25, 0.3) is 11.1 Å². The fraction of sp³-hybridized carbons (Fsp3) is 0.278. The maximum absolute atomic E-state index is 11.9. The Balaban J connectivity index is 2.23. The van der Waals surface area contributed by atoms with Gasteiger partial charge in [-0.05, 0) is 66.6 Å². The lowest BCUT2D eigenvalue weighted by Gasteiger charge is -2.23. The highest BCUT2D eigenvalue weighted by Crippen LogP contribution is 2.37. The smallest absolute Gasteiger partial charge is 0.160 e. The van der Waals surface area contributed by atoms with E-state index in [-0.39, 0.29) is 5.78 Å². The topological polar surface area (TPSA) is 26.3 Å². The normalized spacial score (nSPS) is 12.6. The van der Waals surface area contributed by atoms with Gasteiger partial charge in [0.2, 0.25) is 0 Å². The first-order valence-electron chi connectivity index (χ1n) is 6.92. The van der Waals surface area contributed by atoms with Crippen molar-refractivity contribution in [1.29, 1.82) is 0 Å². The first kappa shape index (κ1) is 12.9. The van der Waals surface area contributed by atoms with Crippen LogP contribution in [0.5, 0.6) is 5.75 Å². The van der Waals surface area contributed by atoms with Crippen molar-refractivity contribution in [1.82, 2.24) is 0 Å². The molecule has 2 aromatic carbocycles. The van der Waals surface area contributed by atoms with Crippen LogP contribution in [0.15, 0.2) is 30.3 Å². The van der Waals surface area contributed by atoms with Crippen LogP contribution in [0, 0.1) is 6.92 Å². The van der Waals surface area contributed by atoms with Crippen molar-refractivity contribution < 1.29 is 9.53 Å². The van der Waals surface area contributed by atoms with Gasteiger partial charge in [0, 0.05) is 5.56 Å². The van der Waals surface area contributed by atoms with E-state index in [1.54, 1.807) is 14.0 Å². The molecule has 2 nitrogen and oxygen atoms in total. The van der Waals surface area contributed by atoms with Gasteiger partial charge in [0.1, 0.15) is 5.75 Å². The third-order valence-electron chi connectivity index (χ3n) is 4.12. The second-order valence-electron chi connectivity index (χ2n) is 5.36. The summed E-state index contributed by atoms with van der Waals surface area (Å²) in [5.41, 5.74) is 6.92. The molecular weight excluding hydrogens is 248 g/mol. The van der Waals surface area contributed by atoms with E-state index in [1.165, 1.54) is 22.3 Å². The number of ether oxygens (including phenoxy) is 1. The summed E-state index contributed by atoms with van der Waals surface area (Å²) >= 11 is 0. The minimum Gasteiger partial charge on any atom is -0.497 e. The van der Waals surface area contributed by atoms with Crippen molar-refractivity contribution >= 4 is 5.78 Å². The molecule has 0 aliphatic heterocycles. The Kier molecular flexibility index (Phi) is 3.09. The fourth-order valence-corrected chi connectivity index (χ4v) is 3.19. The Hall–Kier alpha value is -2.09. The van der Waals surface area contributed by atoms with Gasteiger partial charge in [-0.25, -0.2) is 0 Å². The van der Waals surface area contributed by atoms with Crippen LogP contribution in [-0.4, -0.2) is 12.9 Å². The quantitative estimate of drug-likeness (QED) is 0.769. The molecule has 0 unspecified atom stereocenters. The van der Waals surface area contributed by atoms with E-state index in [9.17, 15) is 4.79 Å². The molecule has 0 amide bonds. The van der Waals surface area contributed by atoms with Gasteiger partial charge in [-0.2, -0.15) is 0 Å². The molecule has 0 heterocycles. The number of rotatable bonds is 2. The predicted octanol–water partition coefficient (Wildman–Crippen LogP) is 3.97. The number of benzene rings is 2. The van der Waals surface area contributed by atoms with Crippen molar-refractivity contribution in [3.8, 4) is 16.9 Å². The van der Waals surface area contributed by atoms with E-state index in [0.29, 0.717) is 0 Å². The number of ketones is 1. The molecule has 0 spiro atoms. The van der Waals surface area contributed by atoms with Gasteiger partial charge >= 0.3 is 0 Å². The molecule has 0 atom stereocenters. The van der Waals surface area contributed by atoms with Crippen molar-refractivity contribution in [2.45, 2.75) is 26.7 Å². The summed E-state index contributed by atoms with van der Waals surface area (Å²) in [6.45, 7) is 3.67. The zero-order valence-electron chi connectivity index (χ0n) is 12.1. The molecular formula is C18H18O2. The first-order chi connectivity index (χ1) is 9.61. The zero-order chi connectivity index (χ0) is 14.3. The molecule has 1 aliphatic rings. The van der Waals surface area contributed by atoms with Crippen LogP contribution < -0.4 is 4.74 Å². The molecule has 0 saturated carbocycles. The minimum atomic E-state index is 0.163. The van der Waals surface area contributed by atoms with Crippen LogP contribution in [-0.2, 0) is 12.8 Å². The molecule has 0 aromatic heterocycles. The molecule has 0 N–H and O–H groups in total. The summed E-state index contributed by atoms with van der Waals surface area (Å²) in [4.78, 5) is 11.9. The summed E-state index contributed by atoms with van der Waals surface area (Å²) in [6.07, 6.45) is 1.88. The van der Waals surface area contributed by atoms with Gasteiger partial charge in [0.05, 0.1) is 7.11 Å². The van der Waals surface area contributed by atoms with E-state index >= 15 is 0 Å². The highest BCUT2D eigenvalue weighted by Gasteiger charge is 2.21. The maximum Gasteiger partial charge on any atom is 0.160 e. The van der Waals surface area contributed by atoms with Crippen LogP contribution in [0.2, 0.25) is 0 Å². The molecule has 0 saturated heterocycles. The van der Waals surface area contributed by atoms with Gasteiger partial charge in [0.15, 0.2) is 5.78 Å². The molecule has 0 fully saturated rings. The van der Waals surface area contributed by atoms with Crippen LogP contribution in [0.3, 0.4) is 0 Å². The maximum atomic E-state index is 11.9. The monoisotopic (exact) mass is 266 g/mol. The third kappa shape index (κ3) is 1.92.